The van der Waals surface area contributed by atoms with E-state index in [-0.39, 0.29) is 35.6 Å². The van der Waals surface area contributed by atoms with E-state index in [0.29, 0.717) is 11.1 Å². The zero-order valence-electron chi connectivity index (χ0n) is 23.0. The van der Waals surface area contributed by atoms with Crippen LogP contribution >= 0.6 is 0 Å². The molecule has 0 fully saturated rings. The first-order chi connectivity index (χ1) is 18.1. The molecule has 0 aromatic heterocycles. The summed E-state index contributed by atoms with van der Waals surface area (Å²) in [5.41, 5.74) is -3.03. The molecule has 3 aliphatic rings. The normalized spacial score (nSPS) is 30.3. The molecule has 0 heterocycles. The van der Waals surface area contributed by atoms with E-state index in [1.54, 1.807) is 20.8 Å². The maximum absolute atomic E-state index is 14.2. The molecule has 0 amide bonds. The number of aliphatic hydroxyl groups is 3. The lowest BCUT2D eigenvalue weighted by atomic mass is 9.44. The molecule has 0 radical (unpaired) electrons. The van der Waals surface area contributed by atoms with Gasteiger partial charge in [0.15, 0.2) is 17.2 Å². The highest BCUT2D eigenvalue weighted by Gasteiger charge is 2.71. The highest BCUT2D eigenvalue weighted by Crippen LogP contribution is 2.65. The first kappa shape index (κ1) is 26.9. The second kappa shape index (κ2) is 8.39. The van der Waals surface area contributed by atoms with Gasteiger partial charge in [0, 0.05) is 22.3 Å². The van der Waals surface area contributed by atoms with E-state index in [1.807, 2.05) is 50.2 Å². The fourth-order valence-electron chi connectivity index (χ4n) is 7.81. The number of phenols is 1. The van der Waals surface area contributed by atoms with Crippen molar-refractivity contribution in [2.24, 2.45) is 22.7 Å². The predicted molar refractivity (Wildman–Crippen MR) is 145 cm³/mol. The number of aliphatic hydroxyl groups excluding tert-OH is 2. The molecule has 0 spiro atoms. The fourth-order valence-corrected chi connectivity index (χ4v) is 7.81. The molecule has 0 saturated carbocycles. The van der Waals surface area contributed by atoms with Gasteiger partial charge >= 0.3 is 0 Å². The van der Waals surface area contributed by atoms with E-state index < -0.39 is 56.8 Å². The summed E-state index contributed by atoms with van der Waals surface area (Å²) in [5.74, 6) is -5.09. The molecule has 0 bridgehead atoms. The number of rotatable bonds is 3. The second-order valence-electron chi connectivity index (χ2n) is 12.3. The topological polar surface area (TPSA) is 132 Å². The number of aryl methyl sites for hydroxylation is 1. The highest BCUT2D eigenvalue weighted by atomic mass is 16.3. The third-order valence-electron chi connectivity index (χ3n) is 9.28. The van der Waals surface area contributed by atoms with E-state index >= 15 is 0 Å². The van der Waals surface area contributed by atoms with Gasteiger partial charge in [-0.15, -0.1) is 0 Å². The van der Waals surface area contributed by atoms with Gasteiger partial charge in [-0.2, -0.15) is 0 Å². The summed E-state index contributed by atoms with van der Waals surface area (Å²) >= 11 is 0. The summed E-state index contributed by atoms with van der Waals surface area (Å²) in [6.07, 6.45) is 0.300. The Morgan fingerprint density at radius 2 is 1.67 bits per heavy atom. The van der Waals surface area contributed by atoms with Crippen LogP contribution in [0.1, 0.15) is 62.5 Å². The standard InChI is InChI=1S/C32H34O7/c1-15(2)23-26(35)21(17(4)33)28(37)32(39)29(38)24-27(36)22-20(13-30(24,5)14-31(23,32)6)19(12-16(3)25(22)34)18-10-8-7-9-11-18/h7-12,15,23,34-35,38-39H,13-14H2,1-6H3/t23?,30-,31-,32+/m1/s1. The Morgan fingerprint density at radius 1 is 1.05 bits per heavy atom. The Labute approximate surface area is 227 Å². The van der Waals surface area contributed by atoms with E-state index in [9.17, 15) is 34.8 Å². The van der Waals surface area contributed by atoms with Gasteiger partial charge in [0.25, 0.3) is 0 Å². The van der Waals surface area contributed by atoms with Crippen molar-refractivity contribution in [2.45, 2.75) is 60.0 Å². The van der Waals surface area contributed by atoms with E-state index in [1.165, 1.54) is 0 Å². The Morgan fingerprint density at radius 3 is 2.23 bits per heavy atom. The smallest absolute Gasteiger partial charge is 0.209 e. The van der Waals surface area contributed by atoms with E-state index in [4.69, 9.17) is 0 Å². The van der Waals surface area contributed by atoms with Crippen LogP contribution in [0.2, 0.25) is 0 Å². The molecular weight excluding hydrogens is 496 g/mol. The van der Waals surface area contributed by atoms with E-state index in [0.717, 1.165) is 18.1 Å². The number of fused-ring (bicyclic) bond motifs is 3. The highest BCUT2D eigenvalue weighted by molar-refractivity contribution is 6.25. The number of hydrogen-bond acceptors (Lipinski definition) is 7. The quantitative estimate of drug-likeness (QED) is 0.395. The van der Waals surface area contributed by atoms with Crippen LogP contribution in [0.3, 0.4) is 0 Å². The minimum absolute atomic E-state index is 0.0360. The Kier molecular flexibility index (Phi) is 5.78. The molecule has 5 rings (SSSR count). The van der Waals surface area contributed by atoms with Crippen LogP contribution in [0.4, 0.5) is 0 Å². The van der Waals surface area contributed by atoms with Crippen molar-refractivity contribution in [1.82, 2.24) is 0 Å². The van der Waals surface area contributed by atoms with Crippen molar-refractivity contribution in [3.8, 4) is 16.9 Å². The molecule has 3 aliphatic carbocycles. The monoisotopic (exact) mass is 530 g/mol. The molecule has 1 unspecified atom stereocenters. The zero-order valence-corrected chi connectivity index (χ0v) is 23.0. The summed E-state index contributed by atoms with van der Waals surface area (Å²) in [5, 5.41) is 46.2. The molecule has 2 aromatic rings. The molecule has 39 heavy (non-hydrogen) atoms. The molecule has 0 aliphatic heterocycles. The summed E-state index contributed by atoms with van der Waals surface area (Å²) in [7, 11) is 0. The Bertz CT molecular complexity index is 1530. The van der Waals surface area contributed by atoms with Crippen molar-refractivity contribution in [2.75, 3.05) is 0 Å². The molecule has 7 heteroatoms. The van der Waals surface area contributed by atoms with Gasteiger partial charge in [0.1, 0.15) is 22.8 Å². The van der Waals surface area contributed by atoms with Crippen LogP contribution in [0, 0.1) is 29.6 Å². The minimum atomic E-state index is -2.61. The molecular formula is C32H34O7. The van der Waals surface area contributed by atoms with Crippen LogP contribution in [0.15, 0.2) is 59.1 Å². The van der Waals surface area contributed by atoms with Gasteiger partial charge in [0.2, 0.25) is 5.78 Å². The Hall–Kier alpha value is -3.71. The van der Waals surface area contributed by atoms with Crippen molar-refractivity contribution in [3.63, 3.8) is 0 Å². The van der Waals surface area contributed by atoms with Gasteiger partial charge in [-0.05, 0) is 60.9 Å². The Balaban J connectivity index is 1.84. The summed E-state index contributed by atoms with van der Waals surface area (Å²) < 4.78 is 0. The second-order valence-corrected chi connectivity index (χ2v) is 12.3. The molecule has 4 atom stereocenters. The van der Waals surface area contributed by atoms with Gasteiger partial charge in [-0.1, -0.05) is 58.0 Å². The van der Waals surface area contributed by atoms with E-state index in [2.05, 4.69) is 0 Å². The number of phenolic OH excluding ortho intramolecular Hbond substituents is 1. The SMILES string of the molecule is CC(=O)C1=C(O)C(C(C)C)[C@@]2(C)C[C@@]3(C)Cc4c(-c5ccccc5)cc(C)c(O)c4C(=O)C3=C(O)[C@@]2(O)C1=O. The molecule has 4 N–H and O–H groups in total. The largest absolute Gasteiger partial charge is 0.511 e. The van der Waals surface area contributed by atoms with Crippen molar-refractivity contribution >= 4 is 17.3 Å². The van der Waals surface area contributed by atoms with Gasteiger partial charge in [0.05, 0.1) is 5.56 Å². The summed E-state index contributed by atoms with van der Waals surface area (Å²) in [4.78, 5) is 40.5. The fraction of sp³-hybridized carbons (Fsp3) is 0.406. The third kappa shape index (κ3) is 3.29. The lowest BCUT2D eigenvalue weighted by molar-refractivity contribution is -0.171. The summed E-state index contributed by atoms with van der Waals surface area (Å²) in [6.45, 7) is 9.87. The van der Waals surface area contributed by atoms with Crippen LogP contribution in [-0.4, -0.2) is 43.4 Å². The van der Waals surface area contributed by atoms with Crippen LogP contribution in [0.25, 0.3) is 11.1 Å². The minimum Gasteiger partial charge on any atom is -0.511 e. The molecule has 0 saturated heterocycles. The van der Waals surface area contributed by atoms with Crippen LogP contribution in [0.5, 0.6) is 5.75 Å². The van der Waals surface area contributed by atoms with Crippen molar-refractivity contribution in [3.05, 3.63) is 75.8 Å². The van der Waals surface area contributed by atoms with Crippen molar-refractivity contribution in [1.29, 1.82) is 0 Å². The number of allylic oxidation sites excluding steroid dienone is 2. The number of ketones is 3. The van der Waals surface area contributed by atoms with Crippen LogP contribution < -0.4 is 0 Å². The number of hydrogen-bond donors (Lipinski definition) is 4. The first-order valence-electron chi connectivity index (χ1n) is 13.2. The maximum Gasteiger partial charge on any atom is 0.209 e. The van der Waals surface area contributed by atoms with Gasteiger partial charge in [-0.3, -0.25) is 14.4 Å². The average Bonchev–Trinajstić information content (AvgIpc) is 2.83. The average molecular weight is 531 g/mol. The summed E-state index contributed by atoms with van der Waals surface area (Å²) in [6, 6.07) is 11.3. The van der Waals surface area contributed by atoms with Gasteiger partial charge in [-0.25, -0.2) is 0 Å². The first-order valence-corrected chi connectivity index (χ1v) is 13.2. The lowest BCUT2D eigenvalue weighted by Crippen LogP contribution is -2.67. The number of carbonyl (C=O) groups excluding carboxylic acids is 3. The molecule has 7 nitrogen and oxygen atoms in total. The molecule has 2 aromatic carbocycles. The number of carbonyl (C=O) groups is 3. The van der Waals surface area contributed by atoms with Gasteiger partial charge < -0.3 is 20.4 Å². The molecule has 204 valence electrons. The van der Waals surface area contributed by atoms with Crippen molar-refractivity contribution < 1.29 is 34.8 Å². The number of aromatic hydroxyl groups is 1. The maximum atomic E-state index is 14.2. The third-order valence-corrected chi connectivity index (χ3v) is 9.28. The number of Topliss-reactive ketones (excluding diaryl/α,β-unsaturated/α-hetero) is 3. The number of benzene rings is 2. The van der Waals surface area contributed by atoms with Crippen LogP contribution in [-0.2, 0) is 16.0 Å². The zero-order chi connectivity index (χ0) is 28.8. The lowest BCUT2D eigenvalue weighted by Gasteiger charge is -2.59. The predicted octanol–water partition coefficient (Wildman–Crippen LogP) is 5.32.